The second-order valence-electron chi connectivity index (χ2n) is 4.52. The summed E-state index contributed by atoms with van der Waals surface area (Å²) in [5.41, 5.74) is 0.507. The van der Waals surface area contributed by atoms with Crippen molar-refractivity contribution >= 4 is 11.6 Å². The zero-order chi connectivity index (χ0) is 15.4. The minimum absolute atomic E-state index is 0.116. The topological polar surface area (TPSA) is 81.0 Å². The molecule has 0 unspecified atom stereocenters. The van der Waals surface area contributed by atoms with E-state index in [1.165, 1.54) is 18.2 Å². The molecule has 2 rings (SSSR count). The zero-order valence-corrected chi connectivity index (χ0v) is 11.8. The lowest BCUT2D eigenvalue weighted by Gasteiger charge is -2.09. The van der Waals surface area contributed by atoms with Crippen LogP contribution in [0.5, 0.6) is 0 Å². The first-order chi connectivity index (χ1) is 10.0. The van der Waals surface area contributed by atoms with Gasteiger partial charge in [-0.2, -0.15) is 0 Å². The SMILES string of the molecule is CCCNc1nc(C)c([N+](=O)[O-])c(-c2cccc(F)c2)n1. The number of benzene rings is 1. The highest BCUT2D eigenvalue weighted by atomic mass is 19.1. The molecule has 0 radical (unpaired) electrons. The van der Waals surface area contributed by atoms with E-state index in [2.05, 4.69) is 15.3 Å². The summed E-state index contributed by atoms with van der Waals surface area (Å²) in [7, 11) is 0. The smallest absolute Gasteiger partial charge is 0.316 e. The lowest BCUT2D eigenvalue weighted by atomic mass is 10.1. The van der Waals surface area contributed by atoms with Crippen LogP contribution >= 0.6 is 0 Å². The van der Waals surface area contributed by atoms with Crippen LogP contribution in [-0.4, -0.2) is 21.4 Å². The summed E-state index contributed by atoms with van der Waals surface area (Å²) in [5, 5.41) is 14.2. The first-order valence-electron chi connectivity index (χ1n) is 6.55. The molecule has 7 heteroatoms. The molecular formula is C14H15FN4O2. The molecule has 0 fully saturated rings. The van der Waals surface area contributed by atoms with Gasteiger partial charge in [0, 0.05) is 12.1 Å². The lowest BCUT2D eigenvalue weighted by Crippen LogP contribution is -2.08. The Balaban J connectivity index is 2.59. The van der Waals surface area contributed by atoms with Crippen molar-refractivity contribution in [2.75, 3.05) is 11.9 Å². The Hall–Kier alpha value is -2.57. The number of halogens is 1. The fourth-order valence-corrected chi connectivity index (χ4v) is 1.94. The van der Waals surface area contributed by atoms with E-state index in [0.29, 0.717) is 18.1 Å². The Bertz CT molecular complexity index is 676. The number of aromatic nitrogens is 2. The van der Waals surface area contributed by atoms with Crippen LogP contribution < -0.4 is 5.32 Å². The first-order valence-corrected chi connectivity index (χ1v) is 6.55. The van der Waals surface area contributed by atoms with Crippen molar-refractivity contribution < 1.29 is 9.31 Å². The van der Waals surface area contributed by atoms with Crippen molar-refractivity contribution in [3.63, 3.8) is 0 Å². The fourth-order valence-electron chi connectivity index (χ4n) is 1.94. The van der Waals surface area contributed by atoms with E-state index >= 15 is 0 Å². The van der Waals surface area contributed by atoms with Gasteiger partial charge in [-0.25, -0.2) is 14.4 Å². The van der Waals surface area contributed by atoms with Crippen LogP contribution in [0.4, 0.5) is 16.0 Å². The van der Waals surface area contributed by atoms with Crippen molar-refractivity contribution in [3.8, 4) is 11.3 Å². The van der Waals surface area contributed by atoms with Gasteiger partial charge >= 0.3 is 5.69 Å². The summed E-state index contributed by atoms with van der Waals surface area (Å²) in [6.45, 7) is 4.18. The van der Waals surface area contributed by atoms with Gasteiger partial charge < -0.3 is 5.32 Å². The van der Waals surface area contributed by atoms with E-state index in [-0.39, 0.29) is 17.1 Å². The van der Waals surface area contributed by atoms with Gasteiger partial charge in [-0.3, -0.25) is 10.1 Å². The second kappa shape index (κ2) is 6.25. The molecule has 1 aromatic heterocycles. The van der Waals surface area contributed by atoms with Gasteiger partial charge in [0.25, 0.3) is 0 Å². The van der Waals surface area contributed by atoms with E-state index in [4.69, 9.17) is 0 Å². The van der Waals surface area contributed by atoms with Crippen LogP contribution in [-0.2, 0) is 0 Å². The molecule has 0 bridgehead atoms. The summed E-state index contributed by atoms with van der Waals surface area (Å²) < 4.78 is 13.4. The van der Waals surface area contributed by atoms with Crippen molar-refractivity contribution in [2.45, 2.75) is 20.3 Å². The Morgan fingerprint density at radius 3 is 2.76 bits per heavy atom. The highest BCUT2D eigenvalue weighted by molar-refractivity contribution is 5.71. The number of nitrogens with zero attached hydrogens (tertiary/aromatic N) is 3. The average Bonchev–Trinajstić information content (AvgIpc) is 2.44. The molecule has 2 aromatic rings. The molecule has 1 aromatic carbocycles. The predicted octanol–water partition coefficient (Wildman–Crippen LogP) is 3.32. The first kappa shape index (κ1) is 14.8. The maximum Gasteiger partial charge on any atom is 0.316 e. The minimum atomic E-state index is -0.542. The molecule has 0 atom stereocenters. The van der Waals surface area contributed by atoms with Gasteiger partial charge in [0.05, 0.1) is 4.92 Å². The predicted molar refractivity (Wildman–Crippen MR) is 77.6 cm³/mol. The number of hydrogen-bond acceptors (Lipinski definition) is 5. The summed E-state index contributed by atoms with van der Waals surface area (Å²) >= 11 is 0. The largest absolute Gasteiger partial charge is 0.354 e. The van der Waals surface area contributed by atoms with E-state index in [0.717, 1.165) is 6.42 Å². The Morgan fingerprint density at radius 1 is 1.38 bits per heavy atom. The van der Waals surface area contributed by atoms with Crippen molar-refractivity contribution in [1.82, 2.24) is 9.97 Å². The summed E-state index contributed by atoms with van der Waals surface area (Å²) in [6.07, 6.45) is 0.870. The van der Waals surface area contributed by atoms with Gasteiger partial charge in [0.15, 0.2) is 5.69 Å². The Morgan fingerprint density at radius 2 is 2.14 bits per heavy atom. The quantitative estimate of drug-likeness (QED) is 0.674. The van der Waals surface area contributed by atoms with E-state index < -0.39 is 10.7 Å². The Labute approximate surface area is 121 Å². The summed E-state index contributed by atoms with van der Waals surface area (Å²) in [6, 6.07) is 5.57. The molecule has 0 spiro atoms. The molecule has 6 nitrogen and oxygen atoms in total. The molecule has 0 aliphatic rings. The minimum Gasteiger partial charge on any atom is -0.354 e. The molecule has 1 heterocycles. The van der Waals surface area contributed by atoms with Crippen LogP contribution in [0.25, 0.3) is 11.3 Å². The van der Waals surface area contributed by atoms with Gasteiger partial charge in [0.2, 0.25) is 5.95 Å². The van der Waals surface area contributed by atoms with Crippen molar-refractivity contribution in [2.24, 2.45) is 0 Å². The third-order valence-corrected chi connectivity index (χ3v) is 2.87. The van der Waals surface area contributed by atoms with E-state index in [1.807, 2.05) is 6.92 Å². The Kier molecular flexibility index (Phi) is 4.42. The van der Waals surface area contributed by atoms with Crippen molar-refractivity contribution in [1.29, 1.82) is 0 Å². The van der Waals surface area contributed by atoms with Crippen LogP contribution in [0.15, 0.2) is 24.3 Å². The van der Waals surface area contributed by atoms with Crippen LogP contribution in [0, 0.1) is 22.9 Å². The van der Waals surface area contributed by atoms with Gasteiger partial charge in [-0.1, -0.05) is 19.1 Å². The lowest BCUT2D eigenvalue weighted by molar-refractivity contribution is -0.385. The monoisotopic (exact) mass is 290 g/mol. The molecule has 0 amide bonds. The molecule has 1 N–H and O–H groups in total. The normalized spacial score (nSPS) is 10.4. The summed E-state index contributed by atoms with van der Waals surface area (Å²) in [5.74, 6) is -0.166. The van der Waals surface area contributed by atoms with Gasteiger partial charge in [0.1, 0.15) is 11.5 Å². The second-order valence-corrected chi connectivity index (χ2v) is 4.52. The van der Waals surface area contributed by atoms with Crippen LogP contribution in [0.3, 0.4) is 0 Å². The van der Waals surface area contributed by atoms with Gasteiger partial charge in [-0.15, -0.1) is 0 Å². The molecule has 0 aliphatic heterocycles. The summed E-state index contributed by atoms with van der Waals surface area (Å²) in [4.78, 5) is 19.0. The van der Waals surface area contributed by atoms with Gasteiger partial charge in [-0.05, 0) is 25.5 Å². The van der Waals surface area contributed by atoms with E-state index in [1.54, 1.807) is 13.0 Å². The maximum atomic E-state index is 13.4. The van der Waals surface area contributed by atoms with Crippen molar-refractivity contribution in [3.05, 3.63) is 45.9 Å². The molecule has 0 saturated carbocycles. The third-order valence-electron chi connectivity index (χ3n) is 2.87. The van der Waals surface area contributed by atoms with E-state index in [9.17, 15) is 14.5 Å². The molecule has 0 saturated heterocycles. The number of nitrogens with one attached hydrogen (secondary N) is 1. The maximum absolute atomic E-state index is 13.4. The molecule has 0 aliphatic carbocycles. The number of aryl methyl sites for hydroxylation is 1. The van der Waals surface area contributed by atoms with Crippen LogP contribution in [0.1, 0.15) is 19.0 Å². The fraction of sp³-hybridized carbons (Fsp3) is 0.286. The number of hydrogen-bond donors (Lipinski definition) is 1. The third kappa shape index (κ3) is 3.31. The number of anilines is 1. The number of rotatable bonds is 5. The highest BCUT2D eigenvalue weighted by Gasteiger charge is 2.23. The number of nitro groups is 1. The van der Waals surface area contributed by atoms with Crippen LogP contribution in [0.2, 0.25) is 0 Å². The standard InChI is InChI=1S/C14H15FN4O2/c1-3-7-16-14-17-9(2)13(19(20)21)12(18-14)10-5-4-6-11(15)8-10/h4-6,8H,3,7H2,1-2H3,(H,16,17,18). The highest BCUT2D eigenvalue weighted by Crippen LogP contribution is 2.31. The molecular weight excluding hydrogens is 275 g/mol. The molecule has 21 heavy (non-hydrogen) atoms. The average molecular weight is 290 g/mol. The zero-order valence-electron chi connectivity index (χ0n) is 11.8. The molecule has 110 valence electrons.